The first-order chi connectivity index (χ1) is 11.4. The molecule has 4 nitrogen and oxygen atoms in total. The molecule has 1 heterocycles. The third-order valence-electron chi connectivity index (χ3n) is 3.69. The lowest BCUT2D eigenvalue weighted by Crippen LogP contribution is -2.25. The van der Waals surface area contributed by atoms with Crippen molar-refractivity contribution in [3.8, 4) is 0 Å². The number of nitrogens with zero attached hydrogens (tertiary/aromatic N) is 1. The minimum atomic E-state index is -4.39. The third kappa shape index (κ3) is 4.24. The summed E-state index contributed by atoms with van der Waals surface area (Å²) in [6.07, 6.45) is -1.22. The Kier molecular flexibility index (Phi) is 4.42. The smallest absolute Gasteiger partial charge is 0.366 e. The zero-order chi connectivity index (χ0) is 17.2. The topological polar surface area (TPSA) is 54.0 Å². The summed E-state index contributed by atoms with van der Waals surface area (Å²) in [5.41, 5.74) is 0.673. The number of alkyl halides is 3. The van der Waals surface area contributed by atoms with Gasteiger partial charge in [-0.05, 0) is 42.7 Å². The molecule has 1 amide bonds. The van der Waals surface area contributed by atoms with E-state index in [9.17, 15) is 18.0 Å². The number of carbonyl (C=O) groups is 1. The van der Waals surface area contributed by atoms with Gasteiger partial charge in [0.1, 0.15) is 5.82 Å². The van der Waals surface area contributed by atoms with E-state index in [-0.39, 0.29) is 11.7 Å². The maximum absolute atomic E-state index is 12.7. The number of nitrogens with one attached hydrogen (secondary N) is 2. The maximum Gasteiger partial charge on any atom is 0.416 e. The van der Waals surface area contributed by atoms with E-state index in [1.807, 2.05) is 0 Å². The fraction of sp³-hybridized carbons (Fsp3) is 0.294. The summed E-state index contributed by atoms with van der Waals surface area (Å²) in [5, 5.41) is 5.75. The minimum absolute atomic E-state index is 0.100. The van der Waals surface area contributed by atoms with Crippen LogP contribution in [-0.2, 0) is 12.7 Å². The van der Waals surface area contributed by atoms with Crippen molar-refractivity contribution in [2.45, 2.75) is 31.6 Å². The third-order valence-corrected chi connectivity index (χ3v) is 3.69. The summed E-state index contributed by atoms with van der Waals surface area (Å²) < 4.78 is 38.0. The van der Waals surface area contributed by atoms with Gasteiger partial charge in [0.15, 0.2) is 0 Å². The SMILES string of the molecule is O=C(NC1CC1)c1ccc(CNc2cc(C(F)(F)F)ccn2)cc1. The highest BCUT2D eigenvalue weighted by atomic mass is 19.4. The highest BCUT2D eigenvalue weighted by molar-refractivity contribution is 5.94. The Balaban J connectivity index is 1.59. The first-order valence-corrected chi connectivity index (χ1v) is 7.59. The summed E-state index contributed by atoms with van der Waals surface area (Å²) >= 11 is 0. The zero-order valence-corrected chi connectivity index (χ0v) is 12.7. The molecule has 1 aliphatic carbocycles. The average molecular weight is 335 g/mol. The Bertz CT molecular complexity index is 725. The van der Waals surface area contributed by atoms with E-state index in [1.54, 1.807) is 24.3 Å². The molecule has 0 saturated heterocycles. The first kappa shape index (κ1) is 16.3. The zero-order valence-electron chi connectivity index (χ0n) is 12.7. The second-order valence-electron chi connectivity index (χ2n) is 5.73. The number of carbonyl (C=O) groups excluding carboxylic acids is 1. The van der Waals surface area contributed by atoms with E-state index in [2.05, 4.69) is 15.6 Å². The van der Waals surface area contributed by atoms with Crippen molar-refractivity contribution in [1.29, 1.82) is 0 Å². The van der Waals surface area contributed by atoms with Crippen LogP contribution in [0.15, 0.2) is 42.6 Å². The second-order valence-corrected chi connectivity index (χ2v) is 5.73. The Hall–Kier alpha value is -2.57. The van der Waals surface area contributed by atoms with Gasteiger partial charge in [0.2, 0.25) is 0 Å². The van der Waals surface area contributed by atoms with Crippen LogP contribution in [0.4, 0.5) is 19.0 Å². The van der Waals surface area contributed by atoms with E-state index < -0.39 is 11.7 Å². The standard InChI is InChI=1S/C17H16F3N3O/c18-17(19,20)13-7-8-21-15(9-13)22-10-11-1-3-12(4-2-11)16(24)23-14-5-6-14/h1-4,7-9,14H,5-6,10H2,(H,21,22)(H,23,24). The molecule has 0 bridgehead atoms. The molecular weight excluding hydrogens is 319 g/mol. The number of amides is 1. The lowest BCUT2D eigenvalue weighted by atomic mass is 10.1. The van der Waals surface area contributed by atoms with Crippen molar-refractivity contribution in [2.75, 3.05) is 5.32 Å². The summed E-state index contributed by atoms with van der Waals surface area (Å²) in [6.45, 7) is 0.318. The van der Waals surface area contributed by atoms with Crippen LogP contribution >= 0.6 is 0 Å². The molecular formula is C17H16F3N3O. The van der Waals surface area contributed by atoms with Crippen molar-refractivity contribution in [3.05, 3.63) is 59.3 Å². The summed E-state index contributed by atoms with van der Waals surface area (Å²) in [7, 11) is 0. The van der Waals surface area contributed by atoms with Gasteiger partial charge in [0, 0.05) is 24.3 Å². The first-order valence-electron chi connectivity index (χ1n) is 7.59. The predicted octanol–water partition coefficient (Wildman–Crippen LogP) is 3.60. The molecule has 0 atom stereocenters. The van der Waals surface area contributed by atoms with E-state index in [4.69, 9.17) is 0 Å². The minimum Gasteiger partial charge on any atom is -0.366 e. The van der Waals surface area contributed by atoms with Crippen LogP contribution in [0.1, 0.15) is 34.3 Å². The number of anilines is 1. The highest BCUT2D eigenvalue weighted by Crippen LogP contribution is 2.30. The van der Waals surface area contributed by atoms with Crippen molar-refractivity contribution < 1.29 is 18.0 Å². The average Bonchev–Trinajstić information content (AvgIpc) is 3.37. The fourth-order valence-corrected chi connectivity index (χ4v) is 2.17. The highest BCUT2D eigenvalue weighted by Gasteiger charge is 2.30. The molecule has 0 aliphatic heterocycles. The number of halogens is 3. The van der Waals surface area contributed by atoms with Gasteiger partial charge >= 0.3 is 6.18 Å². The number of benzene rings is 1. The lowest BCUT2D eigenvalue weighted by Gasteiger charge is -2.10. The molecule has 0 radical (unpaired) electrons. The van der Waals surface area contributed by atoms with Crippen LogP contribution < -0.4 is 10.6 Å². The fourth-order valence-electron chi connectivity index (χ4n) is 2.17. The molecule has 1 aromatic carbocycles. The number of rotatable bonds is 5. The van der Waals surface area contributed by atoms with Gasteiger partial charge in [-0.3, -0.25) is 4.79 Å². The molecule has 2 N–H and O–H groups in total. The van der Waals surface area contributed by atoms with Crippen LogP contribution in [0.25, 0.3) is 0 Å². The lowest BCUT2D eigenvalue weighted by molar-refractivity contribution is -0.137. The Morgan fingerprint density at radius 2 is 1.88 bits per heavy atom. The molecule has 1 aliphatic rings. The molecule has 3 rings (SSSR count). The van der Waals surface area contributed by atoms with Gasteiger partial charge in [-0.1, -0.05) is 12.1 Å². The summed E-state index contributed by atoms with van der Waals surface area (Å²) in [5.74, 6) is 0.0527. The van der Waals surface area contributed by atoms with Gasteiger partial charge in [-0.25, -0.2) is 4.98 Å². The molecule has 1 fully saturated rings. The second kappa shape index (κ2) is 6.51. The van der Waals surface area contributed by atoms with Gasteiger partial charge in [0.25, 0.3) is 5.91 Å². The van der Waals surface area contributed by atoms with E-state index >= 15 is 0 Å². The van der Waals surface area contributed by atoms with Crippen molar-refractivity contribution in [1.82, 2.24) is 10.3 Å². The van der Waals surface area contributed by atoms with Gasteiger partial charge in [-0.2, -0.15) is 13.2 Å². The molecule has 0 spiro atoms. The molecule has 2 aromatic rings. The van der Waals surface area contributed by atoms with Crippen LogP contribution in [0, 0.1) is 0 Å². The van der Waals surface area contributed by atoms with Gasteiger partial charge < -0.3 is 10.6 Å². The van der Waals surface area contributed by atoms with Crippen molar-refractivity contribution in [3.63, 3.8) is 0 Å². The van der Waals surface area contributed by atoms with E-state index in [0.29, 0.717) is 18.2 Å². The molecule has 1 aromatic heterocycles. The summed E-state index contributed by atoms with van der Waals surface area (Å²) in [4.78, 5) is 15.8. The normalized spacial score (nSPS) is 14.3. The summed E-state index contributed by atoms with van der Waals surface area (Å²) in [6, 6.07) is 9.13. The largest absolute Gasteiger partial charge is 0.416 e. The van der Waals surface area contributed by atoms with Crippen LogP contribution in [0.3, 0.4) is 0 Å². The Labute approximate surface area is 137 Å². The quantitative estimate of drug-likeness (QED) is 0.878. The molecule has 24 heavy (non-hydrogen) atoms. The molecule has 1 saturated carbocycles. The maximum atomic E-state index is 12.7. The van der Waals surface area contributed by atoms with E-state index in [0.717, 1.165) is 36.7 Å². The Morgan fingerprint density at radius 3 is 2.50 bits per heavy atom. The van der Waals surface area contributed by atoms with E-state index in [1.165, 1.54) is 0 Å². The molecule has 126 valence electrons. The van der Waals surface area contributed by atoms with Crippen molar-refractivity contribution in [2.24, 2.45) is 0 Å². The Morgan fingerprint density at radius 1 is 1.17 bits per heavy atom. The van der Waals surface area contributed by atoms with Crippen LogP contribution in [-0.4, -0.2) is 16.9 Å². The molecule has 0 unspecified atom stereocenters. The predicted molar refractivity (Wildman–Crippen MR) is 83.5 cm³/mol. The van der Waals surface area contributed by atoms with Crippen LogP contribution in [0.5, 0.6) is 0 Å². The van der Waals surface area contributed by atoms with Gasteiger partial charge in [-0.15, -0.1) is 0 Å². The number of hydrogen-bond donors (Lipinski definition) is 2. The van der Waals surface area contributed by atoms with Crippen molar-refractivity contribution >= 4 is 11.7 Å². The number of hydrogen-bond acceptors (Lipinski definition) is 3. The van der Waals surface area contributed by atoms with Gasteiger partial charge in [0.05, 0.1) is 5.56 Å². The molecule has 7 heteroatoms. The number of aromatic nitrogens is 1. The van der Waals surface area contributed by atoms with Crippen LogP contribution in [0.2, 0.25) is 0 Å². The monoisotopic (exact) mass is 335 g/mol. The number of pyridine rings is 1.